The number of carbonyl (C=O) groups excluding carboxylic acids is 2. The molecule has 0 radical (unpaired) electrons. The van der Waals surface area contributed by atoms with E-state index in [0.717, 1.165) is 12.0 Å². The van der Waals surface area contributed by atoms with Crippen molar-refractivity contribution in [2.24, 2.45) is 13.0 Å². The van der Waals surface area contributed by atoms with Crippen molar-refractivity contribution >= 4 is 22.9 Å². The van der Waals surface area contributed by atoms with Crippen LogP contribution in [0, 0.1) is 5.92 Å². The van der Waals surface area contributed by atoms with E-state index < -0.39 is 5.76 Å². The molecule has 1 aromatic carbocycles. The summed E-state index contributed by atoms with van der Waals surface area (Å²) < 4.78 is 6.57. The third-order valence-electron chi connectivity index (χ3n) is 5.00. The van der Waals surface area contributed by atoms with Gasteiger partial charge in [-0.25, -0.2) is 4.79 Å². The minimum atomic E-state index is -0.410. The Morgan fingerprint density at radius 2 is 1.74 bits per heavy atom. The fourth-order valence-electron chi connectivity index (χ4n) is 3.46. The summed E-state index contributed by atoms with van der Waals surface area (Å²) in [6.07, 6.45) is 1.62. The zero-order valence-corrected chi connectivity index (χ0v) is 16.2. The highest BCUT2D eigenvalue weighted by atomic mass is 16.4. The molecule has 1 fully saturated rings. The van der Waals surface area contributed by atoms with Gasteiger partial charge in [-0.2, -0.15) is 0 Å². The molecule has 0 aliphatic carbocycles. The minimum absolute atomic E-state index is 0.0426. The maximum absolute atomic E-state index is 12.7. The highest BCUT2D eigenvalue weighted by Gasteiger charge is 2.22. The molecule has 0 spiro atoms. The third-order valence-corrected chi connectivity index (χ3v) is 5.00. The summed E-state index contributed by atoms with van der Waals surface area (Å²) in [6, 6.07) is 5.38. The van der Waals surface area contributed by atoms with Crippen LogP contribution in [0.4, 0.5) is 0 Å². The van der Waals surface area contributed by atoms with Gasteiger partial charge in [0, 0.05) is 39.6 Å². The Morgan fingerprint density at radius 1 is 1.07 bits per heavy atom. The monoisotopic (exact) mass is 373 g/mol. The topological polar surface area (TPSA) is 75.8 Å². The second-order valence-electron chi connectivity index (χ2n) is 7.62. The molecule has 7 nitrogen and oxygen atoms in total. The molecule has 1 aliphatic heterocycles. The Kier molecular flexibility index (Phi) is 5.68. The van der Waals surface area contributed by atoms with Gasteiger partial charge in [-0.05, 0) is 30.0 Å². The van der Waals surface area contributed by atoms with Crippen molar-refractivity contribution in [3.8, 4) is 0 Å². The molecule has 0 saturated carbocycles. The van der Waals surface area contributed by atoms with Crippen LogP contribution >= 0.6 is 0 Å². The Balaban J connectivity index is 1.63. The summed E-state index contributed by atoms with van der Waals surface area (Å²) in [5, 5.41) is 0. The SMILES string of the molecule is CC(C)CC(=O)N1CCCN(C(=O)Cc2ccc3oc(=O)n(C)c3c2)CC1. The van der Waals surface area contributed by atoms with Crippen molar-refractivity contribution < 1.29 is 14.0 Å². The smallest absolute Gasteiger partial charge is 0.408 e. The number of hydrogen-bond acceptors (Lipinski definition) is 4. The van der Waals surface area contributed by atoms with Gasteiger partial charge in [-0.1, -0.05) is 19.9 Å². The highest BCUT2D eigenvalue weighted by Crippen LogP contribution is 2.16. The number of aryl methyl sites for hydroxylation is 1. The van der Waals surface area contributed by atoms with Gasteiger partial charge in [0.25, 0.3) is 0 Å². The van der Waals surface area contributed by atoms with Gasteiger partial charge in [0.1, 0.15) is 0 Å². The normalized spacial score (nSPS) is 15.4. The van der Waals surface area contributed by atoms with E-state index in [-0.39, 0.29) is 18.2 Å². The molecule has 146 valence electrons. The number of oxazole rings is 1. The number of amides is 2. The van der Waals surface area contributed by atoms with Gasteiger partial charge in [-0.15, -0.1) is 0 Å². The molecule has 3 rings (SSSR count). The summed E-state index contributed by atoms with van der Waals surface area (Å²) in [5.41, 5.74) is 2.06. The zero-order valence-electron chi connectivity index (χ0n) is 16.2. The summed E-state index contributed by atoms with van der Waals surface area (Å²) >= 11 is 0. The predicted molar refractivity (Wildman–Crippen MR) is 102 cm³/mol. The number of nitrogens with zero attached hydrogens (tertiary/aromatic N) is 3. The van der Waals surface area contributed by atoms with Crippen molar-refractivity contribution in [2.75, 3.05) is 26.2 Å². The minimum Gasteiger partial charge on any atom is -0.408 e. The molecule has 1 aliphatic rings. The summed E-state index contributed by atoms with van der Waals surface area (Å²) in [7, 11) is 1.65. The lowest BCUT2D eigenvalue weighted by molar-refractivity contribution is -0.133. The van der Waals surface area contributed by atoms with Gasteiger partial charge in [-0.3, -0.25) is 14.2 Å². The predicted octanol–water partition coefficient (Wildman–Crippen LogP) is 1.78. The molecular weight excluding hydrogens is 346 g/mol. The standard InChI is InChI=1S/C20H27N3O4/c1-14(2)11-18(24)22-7-4-8-23(10-9-22)19(25)13-15-5-6-17-16(12-15)21(3)20(26)27-17/h5-6,12,14H,4,7-11,13H2,1-3H3. The molecule has 0 N–H and O–H groups in total. The van der Waals surface area contributed by atoms with E-state index in [4.69, 9.17) is 4.42 Å². The first-order valence-electron chi connectivity index (χ1n) is 9.49. The van der Waals surface area contributed by atoms with Gasteiger partial charge in [0.05, 0.1) is 11.9 Å². The van der Waals surface area contributed by atoms with Crippen molar-refractivity contribution in [3.63, 3.8) is 0 Å². The molecule has 0 unspecified atom stereocenters. The first kappa shape index (κ1) is 19.2. The van der Waals surface area contributed by atoms with E-state index in [1.165, 1.54) is 4.57 Å². The number of hydrogen-bond donors (Lipinski definition) is 0. The number of aromatic nitrogens is 1. The zero-order chi connectivity index (χ0) is 19.6. The summed E-state index contributed by atoms with van der Waals surface area (Å²) in [5.74, 6) is 0.145. The third kappa shape index (κ3) is 4.40. The van der Waals surface area contributed by atoms with Gasteiger partial charge in [0.2, 0.25) is 11.8 Å². The van der Waals surface area contributed by atoms with Crippen LogP contribution in [0.15, 0.2) is 27.4 Å². The van der Waals surface area contributed by atoms with Crippen LogP contribution in [0.25, 0.3) is 11.1 Å². The fraction of sp³-hybridized carbons (Fsp3) is 0.550. The number of fused-ring (bicyclic) bond motifs is 1. The quantitative estimate of drug-likeness (QED) is 0.819. The van der Waals surface area contributed by atoms with E-state index in [1.807, 2.05) is 35.8 Å². The van der Waals surface area contributed by atoms with Gasteiger partial charge >= 0.3 is 5.76 Å². The average molecular weight is 373 g/mol. The Morgan fingerprint density at radius 3 is 2.41 bits per heavy atom. The van der Waals surface area contributed by atoms with Crippen LogP contribution < -0.4 is 5.76 Å². The largest absolute Gasteiger partial charge is 0.419 e. The average Bonchev–Trinajstić information content (AvgIpc) is 2.80. The maximum Gasteiger partial charge on any atom is 0.419 e. The van der Waals surface area contributed by atoms with Gasteiger partial charge < -0.3 is 14.2 Å². The molecule has 2 amide bonds. The van der Waals surface area contributed by atoms with E-state index in [0.29, 0.717) is 49.6 Å². The summed E-state index contributed by atoms with van der Waals surface area (Å²) in [6.45, 7) is 6.60. The number of benzene rings is 1. The second-order valence-corrected chi connectivity index (χ2v) is 7.62. The van der Waals surface area contributed by atoms with Crippen molar-refractivity contribution in [1.29, 1.82) is 0 Å². The van der Waals surface area contributed by atoms with Crippen LogP contribution in [0.2, 0.25) is 0 Å². The lowest BCUT2D eigenvalue weighted by atomic mass is 10.1. The van der Waals surface area contributed by atoms with Crippen LogP contribution in [0.3, 0.4) is 0 Å². The first-order chi connectivity index (χ1) is 12.8. The van der Waals surface area contributed by atoms with E-state index >= 15 is 0 Å². The van der Waals surface area contributed by atoms with Crippen molar-refractivity contribution in [2.45, 2.75) is 33.1 Å². The van der Waals surface area contributed by atoms with Gasteiger partial charge in [0.15, 0.2) is 5.58 Å². The van der Waals surface area contributed by atoms with Crippen molar-refractivity contribution in [1.82, 2.24) is 14.4 Å². The van der Waals surface area contributed by atoms with E-state index in [1.54, 1.807) is 13.1 Å². The fourth-order valence-corrected chi connectivity index (χ4v) is 3.46. The molecular formula is C20H27N3O4. The lowest BCUT2D eigenvalue weighted by Crippen LogP contribution is -2.38. The molecule has 27 heavy (non-hydrogen) atoms. The van der Waals surface area contributed by atoms with Crippen LogP contribution in [-0.4, -0.2) is 52.4 Å². The maximum atomic E-state index is 12.7. The highest BCUT2D eigenvalue weighted by molar-refractivity contribution is 5.81. The lowest BCUT2D eigenvalue weighted by Gasteiger charge is -2.23. The molecule has 7 heteroatoms. The Hall–Kier alpha value is -2.57. The Bertz CT molecular complexity index is 896. The number of rotatable bonds is 4. The molecule has 1 saturated heterocycles. The molecule has 0 bridgehead atoms. The summed E-state index contributed by atoms with van der Waals surface area (Å²) in [4.78, 5) is 40.3. The molecule has 0 atom stereocenters. The van der Waals surface area contributed by atoms with Crippen LogP contribution in [-0.2, 0) is 23.1 Å². The van der Waals surface area contributed by atoms with E-state index in [9.17, 15) is 14.4 Å². The van der Waals surface area contributed by atoms with Crippen LogP contribution in [0.5, 0.6) is 0 Å². The second kappa shape index (κ2) is 7.98. The van der Waals surface area contributed by atoms with E-state index in [2.05, 4.69) is 0 Å². The molecule has 2 heterocycles. The number of carbonyl (C=O) groups is 2. The van der Waals surface area contributed by atoms with Crippen molar-refractivity contribution in [3.05, 3.63) is 34.3 Å². The Labute approximate surface area is 158 Å². The molecule has 1 aromatic heterocycles. The van der Waals surface area contributed by atoms with Crippen LogP contribution in [0.1, 0.15) is 32.3 Å². The first-order valence-corrected chi connectivity index (χ1v) is 9.49. The molecule has 2 aromatic rings.